The van der Waals surface area contributed by atoms with Crippen LogP contribution in [0.1, 0.15) is 42.4 Å². The van der Waals surface area contributed by atoms with E-state index in [9.17, 15) is 9.59 Å². The Hall–Kier alpha value is -2.34. The van der Waals surface area contributed by atoms with Crippen LogP contribution in [0.15, 0.2) is 27.8 Å². The summed E-state index contributed by atoms with van der Waals surface area (Å²) in [6.07, 6.45) is 5.00. The van der Waals surface area contributed by atoms with E-state index in [0.717, 1.165) is 17.9 Å². The molecule has 0 saturated heterocycles. The van der Waals surface area contributed by atoms with Crippen molar-refractivity contribution in [3.8, 4) is 5.69 Å². The molecule has 6 heteroatoms. The Bertz CT molecular complexity index is 922. The molecule has 0 bridgehead atoms. The molecule has 1 fully saturated rings. The Balaban J connectivity index is 1.80. The van der Waals surface area contributed by atoms with Crippen molar-refractivity contribution in [2.24, 2.45) is 0 Å². The topological polar surface area (TPSA) is 71.3 Å². The van der Waals surface area contributed by atoms with Gasteiger partial charge in [0.15, 0.2) is 6.67 Å². The summed E-state index contributed by atoms with van der Waals surface area (Å²) < 4.78 is 1.61. The summed E-state index contributed by atoms with van der Waals surface area (Å²) in [5, 5.41) is 3.38. The Morgan fingerprint density at radius 2 is 1.88 bits per heavy atom. The van der Waals surface area contributed by atoms with Crippen molar-refractivity contribution >= 4 is 5.82 Å². The number of nitrogens with one attached hydrogen (secondary N) is 3. The molecule has 0 amide bonds. The molecule has 2 heterocycles. The minimum Gasteiger partial charge on any atom is -0.324 e. The maximum absolute atomic E-state index is 12.5. The van der Waals surface area contributed by atoms with E-state index < -0.39 is 0 Å². The lowest BCUT2D eigenvalue weighted by Crippen LogP contribution is -3.16. The van der Waals surface area contributed by atoms with Gasteiger partial charge in [0.05, 0.1) is 11.7 Å². The highest BCUT2D eigenvalue weighted by Gasteiger charge is 2.32. The second-order valence-electron chi connectivity index (χ2n) is 7.36. The molecule has 6 nitrogen and oxygen atoms in total. The highest BCUT2D eigenvalue weighted by atomic mass is 16.2. The maximum Gasteiger partial charge on any atom is 0.334 e. The normalized spacial score (nSPS) is 20.3. The van der Waals surface area contributed by atoms with E-state index in [-0.39, 0.29) is 11.2 Å². The van der Waals surface area contributed by atoms with E-state index in [1.54, 1.807) is 4.57 Å². The van der Waals surface area contributed by atoms with Crippen LogP contribution in [-0.4, -0.2) is 22.3 Å². The molecule has 2 aromatic rings. The molecular weight excluding hydrogens is 316 g/mol. The molecule has 1 aliphatic carbocycles. The van der Waals surface area contributed by atoms with E-state index in [1.165, 1.54) is 36.1 Å². The summed E-state index contributed by atoms with van der Waals surface area (Å²) in [6, 6.07) is 6.54. The van der Waals surface area contributed by atoms with Crippen LogP contribution in [0.25, 0.3) is 5.69 Å². The molecule has 1 aliphatic heterocycles. The van der Waals surface area contributed by atoms with Gasteiger partial charge in [-0.05, 0) is 62.8 Å². The number of aromatic amines is 1. The summed E-state index contributed by atoms with van der Waals surface area (Å²) in [6.45, 7) is 5.51. The summed E-state index contributed by atoms with van der Waals surface area (Å²) in [7, 11) is 0. The molecule has 132 valence electrons. The maximum atomic E-state index is 12.5. The quantitative estimate of drug-likeness (QED) is 0.758. The first-order chi connectivity index (χ1) is 12.0. The number of nitrogens with zero attached hydrogens (tertiary/aromatic N) is 1. The van der Waals surface area contributed by atoms with Crippen molar-refractivity contribution in [3.63, 3.8) is 0 Å². The van der Waals surface area contributed by atoms with Crippen molar-refractivity contribution in [1.29, 1.82) is 0 Å². The van der Waals surface area contributed by atoms with Crippen LogP contribution in [0, 0.1) is 13.8 Å². The minimum atomic E-state index is -0.385. The molecule has 2 aliphatic rings. The van der Waals surface area contributed by atoms with E-state index in [1.807, 2.05) is 32.0 Å². The molecule has 25 heavy (non-hydrogen) atoms. The van der Waals surface area contributed by atoms with Crippen molar-refractivity contribution in [2.45, 2.75) is 52.1 Å². The Morgan fingerprint density at radius 3 is 2.60 bits per heavy atom. The molecule has 1 aromatic carbocycles. The number of aryl methyl sites for hydroxylation is 2. The number of aromatic nitrogens is 2. The third-order valence-electron chi connectivity index (χ3n) is 5.78. The molecule has 1 aromatic heterocycles. The van der Waals surface area contributed by atoms with Gasteiger partial charge in [0.1, 0.15) is 17.9 Å². The van der Waals surface area contributed by atoms with Crippen molar-refractivity contribution in [1.82, 2.24) is 9.55 Å². The smallest absolute Gasteiger partial charge is 0.324 e. The van der Waals surface area contributed by atoms with Gasteiger partial charge in [-0.1, -0.05) is 6.07 Å². The number of hydrogen-bond donors (Lipinski definition) is 3. The average Bonchev–Trinajstić information content (AvgIpc) is 3.12. The summed E-state index contributed by atoms with van der Waals surface area (Å²) in [5.41, 5.74) is 3.13. The number of anilines is 1. The van der Waals surface area contributed by atoms with Gasteiger partial charge >= 0.3 is 5.69 Å². The number of rotatable bonds is 2. The van der Waals surface area contributed by atoms with Crippen molar-refractivity contribution in [3.05, 3.63) is 55.7 Å². The van der Waals surface area contributed by atoms with Crippen LogP contribution in [0.3, 0.4) is 0 Å². The standard InChI is InChI=1S/C19H24N4O2/c1-12-7-8-15(9-13(12)2)23-17-16(18(24)21-19(23)25)10-22(11-20-17)14-5-3-4-6-14/h7-9,14,20H,3-6,10-11H2,1-2H3,(H,21,24,25)/p+1. The van der Waals surface area contributed by atoms with Crippen LogP contribution in [-0.2, 0) is 6.54 Å². The van der Waals surface area contributed by atoms with Gasteiger partial charge in [-0.25, -0.2) is 9.36 Å². The van der Waals surface area contributed by atoms with Crippen LogP contribution < -0.4 is 21.5 Å². The Kier molecular flexibility index (Phi) is 4.00. The SMILES string of the molecule is Cc1ccc(-n2c3c(c(=O)[nH]c2=O)C[NH+](C2CCCC2)CN3)cc1C. The highest BCUT2D eigenvalue weighted by Crippen LogP contribution is 2.21. The van der Waals surface area contributed by atoms with E-state index in [4.69, 9.17) is 0 Å². The summed E-state index contributed by atoms with van der Waals surface area (Å²) in [4.78, 5) is 28.8. The monoisotopic (exact) mass is 341 g/mol. The van der Waals surface area contributed by atoms with Crippen molar-refractivity contribution < 1.29 is 4.90 Å². The first-order valence-corrected chi connectivity index (χ1v) is 9.09. The fourth-order valence-electron chi connectivity index (χ4n) is 4.14. The third-order valence-corrected chi connectivity index (χ3v) is 5.78. The van der Waals surface area contributed by atoms with Gasteiger partial charge in [-0.3, -0.25) is 9.78 Å². The van der Waals surface area contributed by atoms with Crippen LogP contribution in [0.4, 0.5) is 5.82 Å². The van der Waals surface area contributed by atoms with Crippen molar-refractivity contribution in [2.75, 3.05) is 12.0 Å². The van der Waals surface area contributed by atoms with Crippen LogP contribution >= 0.6 is 0 Å². The fourth-order valence-corrected chi connectivity index (χ4v) is 4.14. The molecule has 1 unspecified atom stereocenters. The fraction of sp³-hybridized carbons (Fsp3) is 0.474. The van der Waals surface area contributed by atoms with Gasteiger partial charge in [0.25, 0.3) is 5.56 Å². The molecule has 1 saturated carbocycles. The Labute approximate surface area is 146 Å². The zero-order valence-electron chi connectivity index (χ0n) is 14.8. The first-order valence-electron chi connectivity index (χ1n) is 9.09. The largest absolute Gasteiger partial charge is 0.334 e. The summed E-state index contributed by atoms with van der Waals surface area (Å²) in [5.74, 6) is 0.652. The molecule has 1 atom stereocenters. The van der Waals surface area contributed by atoms with E-state index in [2.05, 4.69) is 10.3 Å². The average molecular weight is 341 g/mol. The molecule has 3 N–H and O–H groups in total. The zero-order chi connectivity index (χ0) is 17.6. The lowest BCUT2D eigenvalue weighted by molar-refractivity contribution is -0.936. The predicted octanol–water partition coefficient (Wildman–Crippen LogP) is 0.853. The number of quaternary nitrogens is 1. The van der Waals surface area contributed by atoms with Gasteiger partial charge in [0, 0.05) is 0 Å². The second-order valence-corrected chi connectivity index (χ2v) is 7.36. The number of H-pyrrole nitrogens is 1. The van der Waals surface area contributed by atoms with Crippen LogP contribution in [0.5, 0.6) is 0 Å². The zero-order valence-corrected chi connectivity index (χ0v) is 14.8. The third kappa shape index (κ3) is 2.80. The van der Waals surface area contributed by atoms with E-state index >= 15 is 0 Å². The predicted molar refractivity (Wildman–Crippen MR) is 97.5 cm³/mol. The van der Waals surface area contributed by atoms with Gasteiger partial charge < -0.3 is 10.2 Å². The first kappa shape index (κ1) is 16.1. The van der Waals surface area contributed by atoms with Crippen LogP contribution in [0.2, 0.25) is 0 Å². The van der Waals surface area contributed by atoms with Gasteiger partial charge in [-0.2, -0.15) is 0 Å². The van der Waals surface area contributed by atoms with Gasteiger partial charge in [0.2, 0.25) is 0 Å². The molecule has 0 spiro atoms. The molecule has 0 radical (unpaired) electrons. The van der Waals surface area contributed by atoms with E-state index in [0.29, 0.717) is 24.0 Å². The molecule has 4 rings (SSSR count). The number of fused-ring (bicyclic) bond motifs is 1. The van der Waals surface area contributed by atoms with Gasteiger partial charge in [-0.15, -0.1) is 0 Å². The highest BCUT2D eigenvalue weighted by molar-refractivity contribution is 5.52. The number of hydrogen-bond acceptors (Lipinski definition) is 3. The lowest BCUT2D eigenvalue weighted by atomic mass is 10.1. The lowest BCUT2D eigenvalue weighted by Gasteiger charge is -2.32. The minimum absolute atomic E-state index is 0.261. The summed E-state index contributed by atoms with van der Waals surface area (Å²) >= 11 is 0. The molecular formula is C19H25N4O2+. The number of benzene rings is 1. The second kappa shape index (κ2) is 6.19. The Morgan fingerprint density at radius 1 is 1.12 bits per heavy atom.